The van der Waals surface area contributed by atoms with Crippen LogP contribution in [0.3, 0.4) is 0 Å². The molecule has 2 aromatic rings. The van der Waals surface area contributed by atoms with E-state index in [4.69, 9.17) is 5.11 Å². The Bertz CT molecular complexity index is 699. The molecule has 7 heteroatoms. The van der Waals surface area contributed by atoms with Crippen molar-refractivity contribution in [2.75, 3.05) is 5.32 Å². The molecule has 0 saturated heterocycles. The highest BCUT2D eigenvalue weighted by molar-refractivity contribution is 6.04. The Labute approximate surface area is 120 Å². The number of anilines is 1. The van der Waals surface area contributed by atoms with Crippen LogP contribution in [0.25, 0.3) is 6.08 Å². The maximum atomic E-state index is 12.2. The highest BCUT2D eigenvalue weighted by atomic mass is 16.4. The normalized spacial score (nSPS) is 10.5. The van der Waals surface area contributed by atoms with Gasteiger partial charge in [-0.25, -0.2) is 9.78 Å². The lowest BCUT2D eigenvalue weighted by atomic mass is 10.0. The van der Waals surface area contributed by atoms with Crippen LogP contribution in [-0.4, -0.2) is 32.2 Å². The van der Waals surface area contributed by atoms with Crippen LogP contribution in [0.1, 0.15) is 21.5 Å². The SMILES string of the molecule is Cc1ccc(/C=C/C(=O)O)cc1C(=O)Nc1nccnn1. The van der Waals surface area contributed by atoms with Crippen molar-refractivity contribution >= 4 is 23.9 Å². The summed E-state index contributed by atoms with van der Waals surface area (Å²) in [5.41, 5.74) is 1.78. The quantitative estimate of drug-likeness (QED) is 0.825. The van der Waals surface area contributed by atoms with Crippen LogP contribution in [0.15, 0.2) is 36.7 Å². The van der Waals surface area contributed by atoms with Crippen molar-refractivity contribution < 1.29 is 14.7 Å². The number of amides is 1. The fourth-order valence-electron chi connectivity index (χ4n) is 1.63. The van der Waals surface area contributed by atoms with Gasteiger partial charge in [-0.15, -0.1) is 5.10 Å². The summed E-state index contributed by atoms with van der Waals surface area (Å²) in [6.07, 6.45) is 5.25. The molecular formula is C14H12N4O3. The van der Waals surface area contributed by atoms with Crippen molar-refractivity contribution in [3.05, 3.63) is 53.4 Å². The number of carbonyl (C=O) groups excluding carboxylic acids is 1. The van der Waals surface area contributed by atoms with Gasteiger partial charge in [0.15, 0.2) is 0 Å². The second-order valence-corrected chi connectivity index (χ2v) is 4.17. The molecular weight excluding hydrogens is 272 g/mol. The van der Waals surface area contributed by atoms with Gasteiger partial charge in [0.05, 0.1) is 12.4 Å². The molecule has 2 rings (SSSR count). The molecule has 0 aliphatic heterocycles. The molecule has 1 amide bonds. The Balaban J connectivity index is 2.24. The zero-order valence-corrected chi connectivity index (χ0v) is 11.1. The molecule has 0 aliphatic carbocycles. The number of carbonyl (C=O) groups is 2. The van der Waals surface area contributed by atoms with Crippen LogP contribution in [0, 0.1) is 6.92 Å². The minimum Gasteiger partial charge on any atom is -0.478 e. The lowest BCUT2D eigenvalue weighted by Crippen LogP contribution is -2.15. The van der Waals surface area contributed by atoms with Crippen LogP contribution in [0.5, 0.6) is 0 Å². The molecule has 7 nitrogen and oxygen atoms in total. The average molecular weight is 284 g/mol. The predicted molar refractivity (Wildman–Crippen MR) is 75.6 cm³/mol. The number of aryl methyl sites for hydroxylation is 1. The van der Waals surface area contributed by atoms with Crippen LogP contribution < -0.4 is 5.32 Å². The number of carboxylic acid groups (broad SMARTS) is 1. The van der Waals surface area contributed by atoms with Crippen LogP contribution in [0.2, 0.25) is 0 Å². The van der Waals surface area contributed by atoms with E-state index >= 15 is 0 Å². The summed E-state index contributed by atoms with van der Waals surface area (Å²) in [4.78, 5) is 26.5. The monoisotopic (exact) mass is 284 g/mol. The third-order valence-electron chi connectivity index (χ3n) is 2.63. The van der Waals surface area contributed by atoms with Gasteiger partial charge in [-0.3, -0.25) is 10.1 Å². The van der Waals surface area contributed by atoms with Crippen LogP contribution in [-0.2, 0) is 4.79 Å². The fraction of sp³-hybridized carbons (Fsp3) is 0.0714. The summed E-state index contributed by atoms with van der Waals surface area (Å²) in [6, 6.07) is 5.06. The standard InChI is InChI=1S/C14H12N4O3/c1-9-2-3-10(4-5-12(19)20)8-11(9)13(21)17-14-15-6-7-16-18-14/h2-8H,1H3,(H,19,20)(H,15,17,18,21)/b5-4+. The van der Waals surface area contributed by atoms with Crippen LogP contribution >= 0.6 is 0 Å². The topological polar surface area (TPSA) is 105 Å². The first-order chi connectivity index (χ1) is 10.1. The second kappa shape index (κ2) is 6.38. The van der Waals surface area contributed by atoms with Crippen molar-refractivity contribution in [1.82, 2.24) is 15.2 Å². The van der Waals surface area contributed by atoms with E-state index in [-0.39, 0.29) is 11.9 Å². The number of hydrogen-bond donors (Lipinski definition) is 2. The van der Waals surface area contributed by atoms with Gasteiger partial charge in [-0.2, -0.15) is 5.10 Å². The number of nitrogens with one attached hydrogen (secondary N) is 1. The average Bonchev–Trinajstić information content (AvgIpc) is 2.47. The third kappa shape index (κ3) is 3.93. The van der Waals surface area contributed by atoms with Gasteiger partial charge in [0.25, 0.3) is 5.91 Å². The van der Waals surface area contributed by atoms with Gasteiger partial charge in [0.2, 0.25) is 5.95 Å². The number of aliphatic carboxylic acids is 1. The Morgan fingerprint density at radius 3 is 2.76 bits per heavy atom. The Morgan fingerprint density at radius 1 is 1.29 bits per heavy atom. The van der Waals surface area contributed by atoms with E-state index < -0.39 is 5.97 Å². The molecule has 0 bridgehead atoms. The van der Waals surface area contributed by atoms with Gasteiger partial charge in [0, 0.05) is 11.6 Å². The second-order valence-electron chi connectivity index (χ2n) is 4.17. The zero-order valence-electron chi connectivity index (χ0n) is 11.1. The summed E-state index contributed by atoms with van der Waals surface area (Å²) in [5, 5.41) is 18.4. The lowest BCUT2D eigenvalue weighted by Gasteiger charge is -2.07. The van der Waals surface area contributed by atoms with E-state index in [9.17, 15) is 9.59 Å². The maximum Gasteiger partial charge on any atom is 0.328 e. The molecule has 0 atom stereocenters. The Kier molecular flexibility index (Phi) is 4.35. The van der Waals surface area contributed by atoms with E-state index in [2.05, 4.69) is 20.5 Å². The first kappa shape index (κ1) is 14.3. The summed E-state index contributed by atoms with van der Waals surface area (Å²) in [7, 11) is 0. The van der Waals surface area contributed by atoms with E-state index in [1.54, 1.807) is 25.1 Å². The summed E-state index contributed by atoms with van der Waals surface area (Å²) in [6.45, 7) is 1.78. The van der Waals surface area contributed by atoms with Gasteiger partial charge in [0.1, 0.15) is 0 Å². The molecule has 0 fully saturated rings. The third-order valence-corrected chi connectivity index (χ3v) is 2.63. The largest absolute Gasteiger partial charge is 0.478 e. The van der Waals surface area contributed by atoms with Crippen LogP contribution in [0.4, 0.5) is 5.95 Å². The molecule has 0 radical (unpaired) electrons. The number of carboxylic acids is 1. The van der Waals surface area contributed by atoms with Gasteiger partial charge in [-0.05, 0) is 30.2 Å². The molecule has 0 unspecified atom stereocenters. The first-order valence-corrected chi connectivity index (χ1v) is 6.03. The summed E-state index contributed by atoms with van der Waals surface area (Å²) in [5.74, 6) is -1.33. The maximum absolute atomic E-state index is 12.2. The van der Waals surface area contributed by atoms with Gasteiger partial charge < -0.3 is 5.11 Å². The predicted octanol–water partition coefficient (Wildman–Crippen LogP) is 1.53. The molecule has 1 aromatic carbocycles. The van der Waals surface area contributed by atoms with Crippen molar-refractivity contribution in [1.29, 1.82) is 0 Å². The summed E-state index contributed by atoms with van der Waals surface area (Å²) < 4.78 is 0. The van der Waals surface area contributed by atoms with Gasteiger partial charge >= 0.3 is 5.97 Å². The molecule has 0 saturated carbocycles. The highest BCUT2D eigenvalue weighted by Gasteiger charge is 2.11. The Hall–Kier alpha value is -3.09. The van der Waals surface area contributed by atoms with Crippen molar-refractivity contribution in [3.8, 4) is 0 Å². The highest BCUT2D eigenvalue weighted by Crippen LogP contribution is 2.14. The number of benzene rings is 1. The first-order valence-electron chi connectivity index (χ1n) is 6.03. The molecule has 106 valence electrons. The molecule has 21 heavy (non-hydrogen) atoms. The molecule has 0 aliphatic rings. The Morgan fingerprint density at radius 2 is 2.10 bits per heavy atom. The van der Waals surface area contributed by atoms with Crippen molar-refractivity contribution in [2.45, 2.75) is 6.92 Å². The van der Waals surface area contributed by atoms with E-state index in [0.29, 0.717) is 11.1 Å². The van der Waals surface area contributed by atoms with Crippen molar-refractivity contribution in [3.63, 3.8) is 0 Å². The molecule has 2 N–H and O–H groups in total. The fourth-order valence-corrected chi connectivity index (χ4v) is 1.63. The number of rotatable bonds is 4. The molecule has 1 aromatic heterocycles. The van der Waals surface area contributed by atoms with E-state index in [0.717, 1.165) is 11.6 Å². The van der Waals surface area contributed by atoms with E-state index in [1.165, 1.54) is 18.5 Å². The minimum absolute atomic E-state index is 0.105. The van der Waals surface area contributed by atoms with Gasteiger partial charge in [-0.1, -0.05) is 12.1 Å². The summed E-state index contributed by atoms with van der Waals surface area (Å²) >= 11 is 0. The molecule has 0 spiro atoms. The smallest absolute Gasteiger partial charge is 0.328 e. The number of nitrogens with zero attached hydrogens (tertiary/aromatic N) is 3. The molecule has 1 heterocycles. The lowest BCUT2D eigenvalue weighted by molar-refractivity contribution is -0.131. The van der Waals surface area contributed by atoms with Crippen molar-refractivity contribution in [2.24, 2.45) is 0 Å². The minimum atomic E-state index is -1.05. The number of aromatic nitrogens is 3. The number of hydrogen-bond acceptors (Lipinski definition) is 5. The van der Waals surface area contributed by atoms with E-state index in [1.807, 2.05) is 0 Å². The zero-order chi connectivity index (χ0) is 15.2.